The lowest BCUT2D eigenvalue weighted by Gasteiger charge is -2.28. The van der Waals surface area contributed by atoms with E-state index in [1.165, 1.54) is 12.8 Å². The molecule has 0 aromatic carbocycles. The molecule has 1 atom stereocenters. The maximum Gasteiger partial charge on any atom is 0.0814 e. The Morgan fingerprint density at radius 3 is 2.81 bits per heavy atom. The third-order valence-corrected chi connectivity index (χ3v) is 3.25. The van der Waals surface area contributed by atoms with Crippen molar-refractivity contribution >= 4 is 11.6 Å². The first kappa shape index (κ1) is 11.9. The van der Waals surface area contributed by atoms with Gasteiger partial charge in [-0.15, -0.1) is 0 Å². The van der Waals surface area contributed by atoms with Crippen LogP contribution in [-0.4, -0.2) is 33.1 Å². The van der Waals surface area contributed by atoms with Crippen LogP contribution in [0.1, 0.15) is 25.5 Å². The van der Waals surface area contributed by atoms with Crippen LogP contribution in [0.4, 0.5) is 0 Å². The average Bonchev–Trinajstić information content (AvgIpc) is 2.95. The highest BCUT2D eigenvalue weighted by Gasteiger charge is 2.32. The molecule has 1 saturated carbocycles. The van der Waals surface area contributed by atoms with E-state index in [1.54, 1.807) is 10.9 Å². The van der Waals surface area contributed by atoms with Crippen LogP contribution in [0.3, 0.4) is 0 Å². The molecule has 1 aliphatic carbocycles. The van der Waals surface area contributed by atoms with Gasteiger partial charge in [-0.05, 0) is 26.7 Å². The standard InChI is InChI=1S/C11H18ClN3O/c1-8-10(12)5-15(14-8)6-11(2,7-16)13-9-3-4-9/h5,9,13,16H,3-4,6-7H2,1-2H3. The van der Waals surface area contributed by atoms with Crippen molar-refractivity contribution in [3.8, 4) is 0 Å². The Bertz CT molecular complexity index is 356. The lowest BCUT2D eigenvalue weighted by molar-refractivity contribution is 0.151. The summed E-state index contributed by atoms with van der Waals surface area (Å²) in [6, 6.07) is 0.560. The number of rotatable bonds is 5. The molecule has 1 unspecified atom stereocenters. The number of hydrogen-bond donors (Lipinski definition) is 2. The minimum absolute atomic E-state index is 0.0972. The van der Waals surface area contributed by atoms with Gasteiger partial charge in [-0.1, -0.05) is 11.6 Å². The Labute approximate surface area is 101 Å². The first-order valence-electron chi connectivity index (χ1n) is 5.60. The van der Waals surface area contributed by atoms with Gasteiger partial charge < -0.3 is 10.4 Å². The van der Waals surface area contributed by atoms with Crippen LogP contribution >= 0.6 is 11.6 Å². The van der Waals surface area contributed by atoms with E-state index in [9.17, 15) is 5.11 Å². The van der Waals surface area contributed by atoms with Gasteiger partial charge in [0.15, 0.2) is 0 Å². The summed E-state index contributed by atoms with van der Waals surface area (Å²) < 4.78 is 1.79. The maximum atomic E-state index is 9.46. The number of nitrogens with zero attached hydrogens (tertiary/aromatic N) is 2. The fourth-order valence-electron chi connectivity index (χ4n) is 1.79. The number of aryl methyl sites for hydroxylation is 1. The fraction of sp³-hybridized carbons (Fsp3) is 0.727. The van der Waals surface area contributed by atoms with Crippen LogP contribution in [0.5, 0.6) is 0 Å². The molecule has 0 spiro atoms. The lowest BCUT2D eigenvalue weighted by atomic mass is 10.0. The molecule has 4 nitrogen and oxygen atoms in total. The molecular weight excluding hydrogens is 226 g/mol. The topological polar surface area (TPSA) is 50.1 Å². The number of aliphatic hydroxyl groups is 1. The van der Waals surface area contributed by atoms with Crippen molar-refractivity contribution < 1.29 is 5.11 Å². The van der Waals surface area contributed by atoms with Crippen LogP contribution in [0.15, 0.2) is 6.20 Å². The number of aromatic nitrogens is 2. The van der Waals surface area contributed by atoms with Crippen molar-refractivity contribution in [1.29, 1.82) is 0 Å². The summed E-state index contributed by atoms with van der Waals surface area (Å²) in [7, 11) is 0. The first-order chi connectivity index (χ1) is 7.52. The Balaban J connectivity index is 2.04. The molecule has 1 aromatic rings. The van der Waals surface area contributed by atoms with Crippen LogP contribution in [0.2, 0.25) is 5.02 Å². The minimum Gasteiger partial charge on any atom is -0.394 e. The summed E-state index contributed by atoms with van der Waals surface area (Å²) in [5, 5.41) is 17.9. The summed E-state index contributed by atoms with van der Waals surface area (Å²) in [5.74, 6) is 0. The third kappa shape index (κ3) is 2.75. The van der Waals surface area contributed by atoms with Gasteiger partial charge in [0.2, 0.25) is 0 Å². The summed E-state index contributed by atoms with van der Waals surface area (Å²) in [5.41, 5.74) is 0.511. The average molecular weight is 244 g/mol. The van der Waals surface area contributed by atoms with Gasteiger partial charge in [-0.3, -0.25) is 4.68 Å². The van der Waals surface area contributed by atoms with E-state index in [4.69, 9.17) is 11.6 Å². The summed E-state index contributed by atoms with van der Waals surface area (Å²) >= 11 is 5.95. The zero-order valence-electron chi connectivity index (χ0n) is 9.70. The van der Waals surface area contributed by atoms with Crippen molar-refractivity contribution in [2.75, 3.05) is 6.61 Å². The molecule has 0 bridgehead atoms. The van der Waals surface area contributed by atoms with Crippen LogP contribution in [0.25, 0.3) is 0 Å². The van der Waals surface area contributed by atoms with E-state index in [0.29, 0.717) is 17.6 Å². The van der Waals surface area contributed by atoms with Gasteiger partial charge in [0, 0.05) is 12.2 Å². The molecule has 1 aliphatic rings. The molecule has 1 aromatic heterocycles. The van der Waals surface area contributed by atoms with Crippen LogP contribution in [0, 0.1) is 6.92 Å². The highest BCUT2D eigenvalue weighted by Crippen LogP contribution is 2.23. The highest BCUT2D eigenvalue weighted by molar-refractivity contribution is 6.31. The van der Waals surface area contributed by atoms with Gasteiger partial charge in [0.05, 0.1) is 29.4 Å². The van der Waals surface area contributed by atoms with E-state index < -0.39 is 0 Å². The van der Waals surface area contributed by atoms with Gasteiger partial charge >= 0.3 is 0 Å². The predicted octanol–water partition coefficient (Wildman–Crippen LogP) is 1.35. The Hall–Kier alpha value is -0.580. The van der Waals surface area contributed by atoms with Gasteiger partial charge in [-0.2, -0.15) is 5.10 Å². The zero-order chi connectivity index (χ0) is 11.8. The highest BCUT2D eigenvalue weighted by atomic mass is 35.5. The van der Waals surface area contributed by atoms with Crippen LogP contribution in [-0.2, 0) is 6.54 Å². The van der Waals surface area contributed by atoms with Gasteiger partial charge in [0.25, 0.3) is 0 Å². The Morgan fingerprint density at radius 2 is 2.38 bits per heavy atom. The molecule has 0 saturated heterocycles. The number of halogens is 1. The largest absolute Gasteiger partial charge is 0.394 e. The molecule has 5 heteroatoms. The Kier molecular flexibility index (Phi) is 3.24. The third-order valence-electron chi connectivity index (χ3n) is 2.88. The van der Waals surface area contributed by atoms with Crippen LogP contribution < -0.4 is 5.32 Å². The van der Waals surface area contributed by atoms with E-state index in [2.05, 4.69) is 10.4 Å². The van der Waals surface area contributed by atoms with Crippen molar-refractivity contribution in [3.63, 3.8) is 0 Å². The van der Waals surface area contributed by atoms with Gasteiger partial charge in [-0.25, -0.2) is 0 Å². The molecule has 0 aliphatic heterocycles. The zero-order valence-corrected chi connectivity index (χ0v) is 10.5. The smallest absolute Gasteiger partial charge is 0.0814 e. The second-order valence-electron chi connectivity index (χ2n) is 4.90. The lowest BCUT2D eigenvalue weighted by Crippen LogP contribution is -2.50. The number of aliphatic hydroxyl groups excluding tert-OH is 1. The van der Waals surface area contributed by atoms with Crippen molar-refractivity contribution in [2.24, 2.45) is 0 Å². The molecule has 0 amide bonds. The summed E-state index contributed by atoms with van der Waals surface area (Å²) in [6.45, 7) is 4.62. The van der Waals surface area contributed by atoms with Crippen molar-refractivity contribution in [2.45, 2.75) is 44.8 Å². The molecular formula is C11H18ClN3O. The fourth-order valence-corrected chi connectivity index (χ4v) is 1.94. The van der Waals surface area contributed by atoms with E-state index in [0.717, 1.165) is 5.69 Å². The predicted molar refractivity (Wildman–Crippen MR) is 63.6 cm³/mol. The quantitative estimate of drug-likeness (QED) is 0.821. The first-order valence-corrected chi connectivity index (χ1v) is 5.98. The van der Waals surface area contributed by atoms with E-state index >= 15 is 0 Å². The van der Waals surface area contributed by atoms with Gasteiger partial charge in [0.1, 0.15) is 0 Å². The second-order valence-corrected chi connectivity index (χ2v) is 5.30. The molecule has 2 rings (SSSR count). The van der Waals surface area contributed by atoms with Crippen molar-refractivity contribution in [1.82, 2.24) is 15.1 Å². The monoisotopic (exact) mass is 243 g/mol. The molecule has 2 N–H and O–H groups in total. The van der Waals surface area contributed by atoms with Crippen molar-refractivity contribution in [3.05, 3.63) is 16.9 Å². The summed E-state index contributed by atoms with van der Waals surface area (Å²) in [4.78, 5) is 0. The molecule has 1 heterocycles. The molecule has 90 valence electrons. The normalized spacial score (nSPS) is 19.8. The molecule has 1 fully saturated rings. The second kappa shape index (κ2) is 4.35. The Morgan fingerprint density at radius 1 is 1.69 bits per heavy atom. The minimum atomic E-state index is -0.317. The SMILES string of the molecule is Cc1nn(CC(C)(CO)NC2CC2)cc1Cl. The van der Waals surface area contributed by atoms with E-state index in [-0.39, 0.29) is 12.1 Å². The number of hydrogen-bond acceptors (Lipinski definition) is 3. The summed E-state index contributed by atoms with van der Waals surface area (Å²) in [6.07, 6.45) is 4.21. The molecule has 16 heavy (non-hydrogen) atoms. The molecule has 0 radical (unpaired) electrons. The number of nitrogens with one attached hydrogen (secondary N) is 1. The maximum absolute atomic E-state index is 9.46. The van der Waals surface area contributed by atoms with E-state index in [1.807, 2.05) is 13.8 Å².